The van der Waals surface area contributed by atoms with Crippen molar-refractivity contribution in [1.29, 1.82) is 0 Å². The SMILES string of the molecule is CCNC(=O)N1CCN(C(=O)Cn2c(CSC)nc3ccccc32)CC1. The molecule has 8 heteroatoms. The summed E-state index contributed by atoms with van der Waals surface area (Å²) in [4.78, 5) is 33.0. The summed E-state index contributed by atoms with van der Waals surface area (Å²) in [5.41, 5.74) is 1.91. The van der Waals surface area contributed by atoms with Gasteiger partial charge in [0, 0.05) is 32.7 Å². The molecule has 3 amide bonds. The summed E-state index contributed by atoms with van der Waals surface area (Å²) < 4.78 is 2.02. The van der Waals surface area contributed by atoms with Gasteiger partial charge in [-0.3, -0.25) is 4.79 Å². The molecule has 1 aliphatic rings. The maximum atomic E-state index is 12.8. The van der Waals surface area contributed by atoms with E-state index in [4.69, 9.17) is 0 Å². The summed E-state index contributed by atoms with van der Waals surface area (Å²) in [6.45, 7) is 5.08. The number of nitrogens with zero attached hydrogens (tertiary/aromatic N) is 4. The van der Waals surface area contributed by atoms with Crippen molar-refractivity contribution in [2.45, 2.75) is 19.2 Å². The van der Waals surface area contributed by atoms with Gasteiger partial charge in [0.1, 0.15) is 12.4 Å². The fraction of sp³-hybridized carbons (Fsp3) is 0.500. The van der Waals surface area contributed by atoms with E-state index in [1.54, 1.807) is 16.7 Å². The number of carbonyl (C=O) groups is 2. The molecule has 1 aliphatic heterocycles. The number of imidazole rings is 1. The number of hydrogen-bond acceptors (Lipinski definition) is 4. The Labute approximate surface area is 157 Å². The van der Waals surface area contributed by atoms with Gasteiger partial charge in [0.25, 0.3) is 0 Å². The molecule has 0 radical (unpaired) electrons. The Morgan fingerprint density at radius 2 is 1.85 bits per heavy atom. The van der Waals surface area contributed by atoms with Crippen molar-refractivity contribution >= 4 is 34.7 Å². The summed E-state index contributed by atoms with van der Waals surface area (Å²) in [5.74, 6) is 1.77. The highest BCUT2D eigenvalue weighted by Gasteiger charge is 2.24. The number of piperazine rings is 1. The van der Waals surface area contributed by atoms with Crippen molar-refractivity contribution in [3.05, 3.63) is 30.1 Å². The molecule has 1 saturated heterocycles. The molecule has 0 spiro atoms. The van der Waals surface area contributed by atoms with Crippen LogP contribution in [0.25, 0.3) is 11.0 Å². The number of nitrogens with one attached hydrogen (secondary N) is 1. The van der Waals surface area contributed by atoms with Crippen LogP contribution in [0.3, 0.4) is 0 Å². The van der Waals surface area contributed by atoms with Crippen LogP contribution in [-0.4, -0.2) is 70.3 Å². The summed E-state index contributed by atoms with van der Waals surface area (Å²) in [6.07, 6.45) is 2.03. The van der Waals surface area contributed by atoms with Crippen molar-refractivity contribution in [3.63, 3.8) is 0 Å². The standard InChI is InChI=1S/C18H25N5O2S/c1-3-19-18(25)22-10-8-21(9-11-22)17(24)12-23-15-7-5-4-6-14(15)20-16(23)13-26-2/h4-7H,3,8-13H2,1-2H3,(H,19,25). The Hall–Kier alpha value is -2.22. The van der Waals surface area contributed by atoms with E-state index in [0.29, 0.717) is 32.7 Å². The maximum absolute atomic E-state index is 12.8. The third kappa shape index (κ3) is 3.95. The Morgan fingerprint density at radius 1 is 1.15 bits per heavy atom. The molecule has 26 heavy (non-hydrogen) atoms. The van der Waals surface area contributed by atoms with Gasteiger partial charge in [0.2, 0.25) is 5.91 Å². The number of para-hydroxylation sites is 2. The Kier molecular flexibility index (Phi) is 6.03. The van der Waals surface area contributed by atoms with Gasteiger partial charge in [0.15, 0.2) is 0 Å². The first-order chi connectivity index (χ1) is 12.6. The molecular weight excluding hydrogens is 350 g/mol. The fourth-order valence-electron chi connectivity index (χ4n) is 3.20. The van der Waals surface area contributed by atoms with E-state index in [9.17, 15) is 9.59 Å². The lowest BCUT2D eigenvalue weighted by Gasteiger charge is -2.34. The lowest BCUT2D eigenvalue weighted by atomic mass is 10.3. The van der Waals surface area contributed by atoms with Gasteiger partial charge in [-0.2, -0.15) is 11.8 Å². The molecule has 0 bridgehead atoms. The molecule has 0 aliphatic carbocycles. The zero-order chi connectivity index (χ0) is 18.5. The molecular formula is C18H25N5O2S. The quantitative estimate of drug-likeness (QED) is 0.865. The summed E-state index contributed by atoms with van der Waals surface area (Å²) >= 11 is 1.70. The molecule has 2 heterocycles. The van der Waals surface area contributed by atoms with E-state index in [-0.39, 0.29) is 18.5 Å². The van der Waals surface area contributed by atoms with Gasteiger partial charge < -0.3 is 19.7 Å². The fourth-order valence-corrected chi connectivity index (χ4v) is 3.68. The molecule has 7 nitrogen and oxygen atoms in total. The van der Waals surface area contributed by atoms with Crippen LogP contribution in [-0.2, 0) is 17.1 Å². The molecule has 1 aromatic heterocycles. The molecule has 1 aromatic carbocycles. The van der Waals surface area contributed by atoms with E-state index < -0.39 is 0 Å². The van der Waals surface area contributed by atoms with Crippen molar-refractivity contribution in [2.75, 3.05) is 39.0 Å². The van der Waals surface area contributed by atoms with Crippen molar-refractivity contribution in [1.82, 2.24) is 24.7 Å². The topological polar surface area (TPSA) is 70.5 Å². The second-order valence-corrected chi connectivity index (χ2v) is 7.11. The van der Waals surface area contributed by atoms with E-state index in [0.717, 1.165) is 22.6 Å². The van der Waals surface area contributed by atoms with E-state index in [1.807, 2.05) is 46.9 Å². The average Bonchev–Trinajstić information content (AvgIpc) is 3.00. The van der Waals surface area contributed by atoms with Gasteiger partial charge in [-0.25, -0.2) is 9.78 Å². The van der Waals surface area contributed by atoms with Gasteiger partial charge in [-0.05, 0) is 25.3 Å². The van der Waals surface area contributed by atoms with Crippen molar-refractivity contribution < 1.29 is 9.59 Å². The Bertz CT molecular complexity index is 783. The molecule has 1 N–H and O–H groups in total. The third-order valence-electron chi connectivity index (χ3n) is 4.55. The first-order valence-electron chi connectivity index (χ1n) is 8.87. The number of benzene rings is 1. The minimum absolute atomic E-state index is 0.0533. The van der Waals surface area contributed by atoms with Crippen LogP contribution in [0, 0.1) is 0 Å². The van der Waals surface area contributed by atoms with E-state index in [1.165, 1.54) is 0 Å². The van der Waals surface area contributed by atoms with Crippen molar-refractivity contribution in [2.24, 2.45) is 0 Å². The summed E-state index contributed by atoms with van der Waals surface area (Å²) in [5, 5.41) is 2.81. The normalized spacial score (nSPS) is 14.7. The third-order valence-corrected chi connectivity index (χ3v) is 5.09. The van der Waals surface area contributed by atoms with Crippen LogP contribution in [0.1, 0.15) is 12.7 Å². The number of hydrogen-bond donors (Lipinski definition) is 1. The van der Waals surface area contributed by atoms with Gasteiger partial charge in [-0.1, -0.05) is 12.1 Å². The van der Waals surface area contributed by atoms with Gasteiger partial charge >= 0.3 is 6.03 Å². The minimum Gasteiger partial charge on any atom is -0.338 e. The summed E-state index contributed by atoms with van der Waals surface area (Å²) in [7, 11) is 0. The second-order valence-electron chi connectivity index (χ2n) is 6.24. The Balaban J connectivity index is 1.68. The lowest BCUT2D eigenvalue weighted by molar-refractivity contribution is -0.133. The summed E-state index contributed by atoms with van der Waals surface area (Å²) in [6, 6.07) is 7.86. The predicted molar refractivity (Wildman–Crippen MR) is 104 cm³/mol. The minimum atomic E-state index is -0.0533. The van der Waals surface area contributed by atoms with Crippen LogP contribution in [0.5, 0.6) is 0 Å². The highest BCUT2D eigenvalue weighted by atomic mass is 32.2. The van der Waals surface area contributed by atoms with Crippen LogP contribution >= 0.6 is 11.8 Å². The molecule has 1 fully saturated rings. The second kappa shape index (κ2) is 8.44. The number of carbonyl (C=O) groups excluding carboxylic acids is 2. The van der Waals surface area contributed by atoms with Gasteiger partial charge in [-0.15, -0.1) is 0 Å². The lowest BCUT2D eigenvalue weighted by Crippen LogP contribution is -2.53. The maximum Gasteiger partial charge on any atom is 0.317 e. The Morgan fingerprint density at radius 3 is 2.54 bits per heavy atom. The smallest absolute Gasteiger partial charge is 0.317 e. The van der Waals surface area contributed by atoms with Crippen LogP contribution in [0.4, 0.5) is 4.79 Å². The zero-order valence-corrected chi connectivity index (χ0v) is 16.1. The molecule has 0 atom stereocenters. The van der Waals surface area contributed by atoms with Crippen molar-refractivity contribution in [3.8, 4) is 0 Å². The van der Waals surface area contributed by atoms with E-state index in [2.05, 4.69) is 10.3 Å². The van der Waals surface area contributed by atoms with Crippen LogP contribution in [0.2, 0.25) is 0 Å². The zero-order valence-electron chi connectivity index (χ0n) is 15.3. The van der Waals surface area contributed by atoms with E-state index >= 15 is 0 Å². The average molecular weight is 375 g/mol. The molecule has 0 saturated carbocycles. The number of amides is 3. The number of rotatable bonds is 5. The van der Waals surface area contributed by atoms with Crippen LogP contribution in [0.15, 0.2) is 24.3 Å². The molecule has 0 unspecified atom stereocenters. The molecule has 140 valence electrons. The number of urea groups is 1. The highest BCUT2D eigenvalue weighted by molar-refractivity contribution is 7.97. The number of aromatic nitrogens is 2. The van der Waals surface area contributed by atoms with Gasteiger partial charge in [0.05, 0.1) is 16.8 Å². The molecule has 3 rings (SSSR count). The number of thioether (sulfide) groups is 1. The number of fused-ring (bicyclic) bond motifs is 1. The predicted octanol–water partition coefficient (Wildman–Crippen LogP) is 1.77. The first-order valence-corrected chi connectivity index (χ1v) is 10.3. The van der Waals surface area contributed by atoms with Crippen LogP contribution < -0.4 is 5.32 Å². The molecule has 2 aromatic rings. The first kappa shape index (κ1) is 18.6. The highest BCUT2D eigenvalue weighted by Crippen LogP contribution is 2.19. The largest absolute Gasteiger partial charge is 0.338 e. The monoisotopic (exact) mass is 375 g/mol.